The van der Waals surface area contributed by atoms with Crippen molar-refractivity contribution in [2.75, 3.05) is 5.32 Å². The molecule has 4 rings (SSSR count). The van der Waals surface area contributed by atoms with Crippen molar-refractivity contribution < 1.29 is 9.59 Å². The van der Waals surface area contributed by atoms with E-state index in [0.29, 0.717) is 6.54 Å². The van der Waals surface area contributed by atoms with Gasteiger partial charge >= 0.3 is 0 Å². The summed E-state index contributed by atoms with van der Waals surface area (Å²) < 4.78 is 0. The molecule has 0 aromatic heterocycles. The van der Waals surface area contributed by atoms with Crippen LogP contribution in [0, 0.1) is 20.8 Å². The van der Waals surface area contributed by atoms with Crippen LogP contribution in [0.3, 0.4) is 0 Å². The van der Waals surface area contributed by atoms with Crippen LogP contribution in [0.4, 0.5) is 5.69 Å². The molecule has 0 saturated heterocycles. The van der Waals surface area contributed by atoms with E-state index < -0.39 is 0 Å². The van der Waals surface area contributed by atoms with E-state index in [0.717, 1.165) is 33.5 Å². The molecule has 1 N–H and O–H groups in total. The summed E-state index contributed by atoms with van der Waals surface area (Å²) in [5, 5.41) is 3.00. The van der Waals surface area contributed by atoms with Gasteiger partial charge in [-0.25, -0.2) is 0 Å². The predicted molar refractivity (Wildman–Crippen MR) is 119 cm³/mol. The Morgan fingerprint density at radius 1 is 0.967 bits per heavy atom. The lowest BCUT2D eigenvalue weighted by Crippen LogP contribution is -2.32. The lowest BCUT2D eigenvalue weighted by molar-refractivity contribution is -0.117. The van der Waals surface area contributed by atoms with Crippen LogP contribution >= 0.6 is 0 Å². The molecule has 4 nitrogen and oxygen atoms in total. The van der Waals surface area contributed by atoms with Crippen molar-refractivity contribution in [2.24, 2.45) is 0 Å². The number of amides is 2. The van der Waals surface area contributed by atoms with Gasteiger partial charge < -0.3 is 10.2 Å². The SMILES string of the molecule is Cc1ccc(C(CC(=O)Nc2ccc(C)c(C)c2)N2Cc3ccccc3C2=O)cc1. The fraction of sp³-hybridized carbons (Fsp3) is 0.231. The number of rotatable bonds is 5. The van der Waals surface area contributed by atoms with Crippen molar-refractivity contribution in [1.82, 2.24) is 4.90 Å². The zero-order valence-electron chi connectivity index (χ0n) is 17.6. The monoisotopic (exact) mass is 398 g/mol. The fourth-order valence-electron chi connectivity index (χ4n) is 3.93. The van der Waals surface area contributed by atoms with Crippen molar-refractivity contribution in [1.29, 1.82) is 0 Å². The second-order valence-corrected chi connectivity index (χ2v) is 8.07. The van der Waals surface area contributed by atoms with E-state index in [1.807, 2.05) is 92.4 Å². The summed E-state index contributed by atoms with van der Waals surface area (Å²) >= 11 is 0. The van der Waals surface area contributed by atoms with Crippen molar-refractivity contribution in [2.45, 2.75) is 39.8 Å². The summed E-state index contributed by atoms with van der Waals surface area (Å²) in [5.41, 5.74) is 6.95. The maximum absolute atomic E-state index is 13.1. The van der Waals surface area contributed by atoms with Crippen molar-refractivity contribution in [3.63, 3.8) is 0 Å². The Morgan fingerprint density at radius 2 is 1.70 bits per heavy atom. The quantitative estimate of drug-likeness (QED) is 0.631. The normalized spacial score (nSPS) is 13.8. The summed E-state index contributed by atoms with van der Waals surface area (Å²) in [6.45, 7) is 6.62. The minimum atomic E-state index is -0.322. The van der Waals surface area contributed by atoms with Crippen LogP contribution < -0.4 is 5.32 Å². The van der Waals surface area contributed by atoms with Crippen LogP contribution in [0.15, 0.2) is 66.7 Å². The molecular weight excluding hydrogens is 372 g/mol. The number of anilines is 1. The molecule has 3 aromatic carbocycles. The summed E-state index contributed by atoms with van der Waals surface area (Å²) in [4.78, 5) is 27.9. The lowest BCUT2D eigenvalue weighted by atomic mass is 10.00. The first kappa shape index (κ1) is 19.9. The zero-order chi connectivity index (χ0) is 21.3. The van der Waals surface area contributed by atoms with Crippen LogP contribution in [-0.2, 0) is 11.3 Å². The molecule has 0 radical (unpaired) electrons. The highest BCUT2D eigenvalue weighted by atomic mass is 16.2. The van der Waals surface area contributed by atoms with Crippen molar-refractivity contribution in [3.05, 3.63) is 100 Å². The largest absolute Gasteiger partial charge is 0.327 e. The first-order valence-corrected chi connectivity index (χ1v) is 10.2. The van der Waals surface area contributed by atoms with Gasteiger partial charge in [-0.15, -0.1) is 0 Å². The molecule has 0 saturated carbocycles. The molecule has 0 aliphatic carbocycles. The number of hydrogen-bond donors (Lipinski definition) is 1. The summed E-state index contributed by atoms with van der Waals surface area (Å²) in [5.74, 6) is -0.122. The van der Waals surface area contributed by atoms with E-state index in [9.17, 15) is 9.59 Å². The Hall–Kier alpha value is -3.40. The number of fused-ring (bicyclic) bond motifs is 1. The molecule has 1 unspecified atom stereocenters. The van der Waals surface area contributed by atoms with Crippen LogP contribution in [0.25, 0.3) is 0 Å². The number of hydrogen-bond acceptors (Lipinski definition) is 2. The van der Waals surface area contributed by atoms with Gasteiger partial charge in [0.2, 0.25) is 5.91 Å². The Labute approximate surface area is 177 Å². The molecule has 0 spiro atoms. The van der Waals surface area contributed by atoms with E-state index in [-0.39, 0.29) is 24.3 Å². The van der Waals surface area contributed by atoms with Gasteiger partial charge in [-0.1, -0.05) is 54.1 Å². The number of nitrogens with one attached hydrogen (secondary N) is 1. The molecule has 1 aliphatic heterocycles. The molecule has 0 fully saturated rings. The van der Waals surface area contributed by atoms with Crippen LogP contribution in [-0.4, -0.2) is 16.7 Å². The lowest BCUT2D eigenvalue weighted by Gasteiger charge is -2.28. The van der Waals surface area contributed by atoms with Gasteiger partial charge in [0, 0.05) is 17.8 Å². The molecule has 30 heavy (non-hydrogen) atoms. The number of benzene rings is 3. The molecule has 152 valence electrons. The minimum Gasteiger partial charge on any atom is -0.327 e. The van der Waals surface area contributed by atoms with Gasteiger partial charge in [0.15, 0.2) is 0 Å². The predicted octanol–water partition coefficient (Wildman–Crippen LogP) is 5.34. The second-order valence-electron chi connectivity index (χ2n) is 8.07. The van der Waals surface area contributed by atoms with Crippen molar-refractivity contribution in [3.8, 4) is 0 Å². The number of carbonyl (C=O) groups excluding carboxylic acids is 2. The Bertz CT molecular complexity index is 1100. The average Bonchev–Trinajstić information content (AvgIpc) is 3.06. The van der Waals surface area contributed by atoms with E-state index >= 15 is 0 Å². The third-order valence-electron chi connectivity index (χ3n) is 5.86. The first-order chi connectivity index (χ1) is 14.4. The fourth-order valence-corrected chi connectivity index (χ4v) is 3.93. The number of carbonyl (C=O) groups is 2. The molecule has 2 amide bonds. The number of nitrogens with zero attached hydrogens (tertiary/aromatic N) is 1. The molecule has 1 aliphatic rings. The van der Waals surface area contributed by atoms with E-state index in [4.69, 9.17) is 0 Å². The summed E-state index contributed by atoms with van der Waals surface area (Å²) in [7, 11) is 0. The highest BCUT2D eigenvalue weighted by molar-refractivity contribution is 5.99. The van der Waals surface area contributed by atoms with E-state index in [2.05, 4.69) is 5.32 Å². The highest BCUT2D eigenvalue weighted by Gasteiger charge is 2.34. The number of aryl methyl sites for hydroxylation is 3. The smallest absolute Gasteiger partial charge is 0.255 e. The maximum atomic E-state index is 13.1. The standard InChI is InChI=1S/C26H26N2O2/c1-17-8-11-20(12-9-17)24(28-16-21-6-4-5-7-23(21)26(28)30)15-25(29)27-22-13-10-18(2)19(3)14-22/h4-14,24H,15-16H2,1-3H3,(H,27,29). The molecule has 4 heteroatoms. The molecule has 3 aromatic rings. The maximum Gasteiger partial charge on any atom is 0.255 e. The summed E-state index contributed by atoms with van der Waals surface area (Å²) in [6.07, 6.45) is 0.204. The third-order valence-corrected chi connectivity index (χ3v) is 5.86. The Morgan fingerprint density at radius 3 is 2.40 bits per heavy atom. The van der Waals surface area contributed by atoms with Gasteiger partial charge in [-0.3, -0.25) is 9.59 Å². The van der Waals surface area contributed by atoms with Crippen LogP contribution in [0.1, 0.15) is 50.6 Å². The van der Waals surface area contributed by atoms with Gasteiger partial charge in [0.1, 0.15) is 0 Å². The Balaban J connectivity index is 1.60. The van der Waals surface area contributed by atoms with Gasteiger partial charge in [-0.05, 0) is 61.2 Å². The minimum absolute atomic E-state index is 0.0184. The van der Waals surface area contributed by atoms with Crippen molar-refractivity contribution >= 4 is 17.5 Å². The average molecular weight is 399 g/mol. The third kappa shape index (κ3) is 3.99. The topological polar surface area (TPSA) is 49.4 Å². The molecule has 1 heterocycles. The van der Waals surface area contributed by atoms with Gasteiger partial charge in [0.05, 0.1) is 12.5 Å². The molecule has 0 bridgehead atoms. The molecule has 1 atom stereocenters. The van der Waals surface area contributed by atoms with Gasteiger partial charge in [0.25, 0.3) is 5.91 Å². The molecular formula is C26H26N2O2. The first-order valence-electron chi connectivity index (χ1n) is 10.2. The van der Waals surface area contributed by atoms with Gasteiger partial charge in [-0.2, -0.15) is 0 Å². The Kier molecular flexibility index (Phi) is 5.40. The zero-order valence-corrected chi connectivity index (χ0v) is 17.6. The van der Waals surface area contributed by atoms with E-state index in [1.54, 1.807) is 0 Å². The van der Waals surface area contributed by atoms with E-state index in [1.165, 1.54) is 5.56 Å². The van der Waals surface area contributed by atoms with Crippen LogP contribution in [0.2, 0.25) is 0 Å². The second kappa shape index (κ2) is 8.15. The summed E-state index contributed by atoms with van der Waals surface area (Å²) in [6, 6.07) is 21.3. The van der Waals surface area contributed by atoms with Crippen LogP contribution in [0.5, 0.6) is 0 Å². The highest BCUT2D eigenvalue weighted by Crippen LogP contribution is 2.34.